The summed E-state index contributed by atoms with van der Waals surface area (Å²) in [6.45, 7) is 0. The molecule has 122 valence electrons. The highest BCUT2D eigenvalue weighted by Gasteiger charge is 2.18. The normalized spacial score (nSPS) is 11.2. The highest BCUT2D eigenvalue weighted by molar-refractivity contribution is 7.92. The van der Waals surface area contributed by atoms with Crippen LogP contribution in [0.2, 0.25) is 0 Å². The van der Waals surface area contributed by atoms with Crippen LogP contribution in [-0.2, 0) is 10.0 Å². The summed E-state index contributed by atoms with van der Waals surface area (Å²) in [6.07, 6.45) is 5.89. The maximum Gasteiger partial charge on any atom is 0.270 e. The van der Waals surface area contributed by atoms with Gasteiger partial charge >= 0.3 is 0 Å². The Morgan fingerprint density at radius 1 is 1.21 bits per heavy atom. The van der Waals surface area contributed by atoms with Gasteiger partial charge in [0.2, 0.25) is 0 Å². The lowest BCUT2D eigenvalue weighted by Crippen LogP contribution is -2.14. The summed E-state index contributed by atoms with van der Waals surface area (Å²) >= 11 is 0. The number of hydrogen-bond acceptors (Lipinski definition) is 7. The van der Waals surface area contributed by atoms with Crippen molar-refractivity contribution in [3.63, 3.8) is 0 Å². The van der Waals surface area contributed by atoms with E-state index in [9.17, 15) is 18.5 Å². The Morgan fingerprint density at radius 2 is 2.04 bits per heavy atom. The first-order valence-electron chi connectivity index (χ1n) is 6.53. The molecule has 1 N–H and O–H groups in total. The maximum absolute atomic E-state index is 12.4. The lowest BCUT2D eigenvalue weighted by molar-refractivity contribution is -0.385. The van der Waals surface area contributed by atoms with E-state index in [4.69, 9.17) is 0 Å². The summed E-state index contributed by atoms with van der Waals surface area (Å²) in [6, 6.07) is 6.15. The summed E-state index contributed by atoms with van der Waals surface area (Å²) in [5, 5.41) is 10.8. The van der Waals surface area contributed by atoms with Gasteiger partial charge in [-0.25, -0.2) is 23.4 Å². The van der Waals surface area contributed by atoms with E-state index in [1.165, 1.54) is 36.9 Å². The molecule has 0 spiro atoms. The zero-order valence-electron chi connectivity index (χ0n) is 12.0. The Morgan fingerprint density at radius 3 is 2.75 bits per heavy atom. The number of nitrogens with zero attached hydrogens (tertiary/aromatic N) is 5. The molecule has 0 bridgehead atoms. The molecule has 0 saturated heterocycles. The number of imidazole rings is 1. The molecule has 0 radical (unpaired) electrons. The number of nitro groups is 1. The van der Waals surface area contributed by atoms with E-state index in [2.05, 4.69) is 19.7 Å². The first kappa shape index (κ1) is 15.6. The van der Waals surface area contributed by atoms with E-state index >= 15 is 0 Å². The fourth-order valence-corrected chi connectivity index (χ4v) is 2.94. The minimum atomic E-state index is -4.02. The van der Waals surface area contributed by atoms with Gasteiger partial charge in [-0.3, -0.25) is 19.4 Å². The molecule has 0 atom stereocenters. The zero-order valence-corrected chi connectivity index (χ0v) is 12.8. The van der Waals surface area contributed by atoms with E-state index in [1.54, 1.807) is 17.0 Å². The van der Waals surface area contributed by atoms with Crippen LogP contribution in [0.15, 0.2) is 60.3 Å². The topological polar surface area (TPSA) is 133 Å². The second-order valence-electron chi connectivity index (χ2n) is 4.59. The van der Waals surface area contributed by atoms with Crippen molar-refractivity contribution in [2.24, 2.45) is 0 Å². The summed E-state index contributed by atoms with van der Waals surface area (Å²) in [5.74, 6) is 0.444. The Hall–Kier alpha value is -3.34. The number of anilines is 1. The molecule has 0 fully saturated rings. The van der Waals surface area contributed by atoms with E-state index in [0.29, 0.717) is 5.82 Å². The van der Waals surface area contributed by atoms with Gasteiger partial charge in [0, 0.05) is 30.6 Å². The first-order chi connectivity index (χ1) is 11.5. The Labute approximate surface area is 136 Å². The Balaban J connectivity index is 1.91. The number of rotatable bonds is 5. The van der Waals surface area contributed by atoms with Gasteiger partial charge in [-0.05, 0) is 6.07 Å². The minimum absolute atomic E-state index is 0.0280. The Kier molecular flexibility index (Phi) is 3.92. The molecule has 2 heterocycles. The van der Waals surface area contributed by atoms with Crippen molar-refractivity contribution in [2.45, 2.75) is 4.90 Å². The quantitative estimate of drug-likeness (QED) is 0.545. The van der Waals surface area contributed by atoms with Crippen molar-refractivity contribution in [3.8, 4) is 5.82 Å². The first-order valence-corrected chi connectivity index (χ1v) is 8.02. The molecule has 2 aromatic heterocycles. The van der Waals surface area contributed by atoms with Crippen molar-refractivity contribution in [1.82, 2.24) is 19.5 Å². The molecule has 11 heteroatoms. The van der Waals surface area contributed by atoms with Crippen molar-refractivity contribution < 1.29 is 13.3 Å². The number of aromatic nitrogens is 4. The molecule has 0 amide bonds. The van der Waals surface area contributed by atoms with E-state index in [1.807, 2.05) is 0 Å². The van der Waals surface area contributed by atoms with Gasteiger partial charge in [0.1, 0.15) is 24.3 Å². The summed E-state index contributed by atoms with van der Waals surface area (Å²) in [7, 11) is -4.02. The molecule has 0 saturated carbocycles. The molecular formula is C13H10N6O4S. The van der Waals surface area contributed by atoms with Crippen LogP contribution < -0.4 is 4.72 Å². The van der Waals surface area contributed by atoms with Gasteiger partial charge in [-0.2, -0.15) is 0 Å². The van der Waals surface area contributed by atoms with E-state index in [0.717, 1.165) is 6.07 Å². The average Bonchev–Trinajstić information content (AvgIpc) is 3.09. The van der Waals surface area contributed by atoms with Crippen LogP contribution in [0.1, 0.15) is 0 Å². The zero-order chi connectivity index (χ0) is 17.2. The number of hydrogen-bond donors (Lipinski definition) is 1. The second-order valence-corrected chi connectivity index (χ2v) is 6.27. The smallest absolute Gasteiger partial charge is 0.270 e. The second kappa shape index (κ2) is 6.04. The SMILES string of the molecule is O=[N+]([O-])c1cccc(S(=O)(=O)Nc2cc(-n3ccnc3)ncn2)c1. The molecule has 3 rings (SSSR count). The van der Waals surface area contributed by atoms with Crippen LogP contribution in [0.3, 0.4) is 0 Å². The number of benzene rings is 1. The molecule has 0 aliphatic carbocycles. The van der Waals surface area contributed by atoms with Gasteiger partial charge in [-0.1, -0.05) is 6.07 Å². The van der Waals surface area contributed by atoms with Gasteiger partial charge < -0.3 is 0 Å². The van der Waals surface area contributed by atoms with Gasteiger partial charge in [0.25, 0.3) is 15.7 Å². The molecular weight excluding hydrogens is 336 g/mol. The lowest BCUT2D eigenvalue weighted by Gasteiger charge is -2.08. The largest absolute Gasteiger partial charge is 0.290 e. The standard InChI is InChI=1S/C13H10N6O4S/c20-19(21)10-2-1-3-11(6-10)24(22,23)17-12-7-13(16-8-15-12)18-5-4-14-9-18/h1-9H,(H,15,16,17). The maximum atomic E-state index is 12.4. The van der Waals surface area contributed by atoms with Gasteiger partial charge in [-0.15, -0.1) is 0 Å². The van der Waals surface area contributed by atoms with Gasteiger partial charge in [0.05, 0.1) is 9.82 Å². The molecule has 3 aromatic rings. The number of sulfonamides is 1. The highest BCUT2D eigenvalue weighted by atomic mass is 32.2. The van der Waals surface area contributed by atoms with Crippen LogP contribution in [0.4, 0.5) is 11.5 Å². The van der Waals surface area contributed by atoms with Crippen molar-refractivity contribution in [1.29, 1.82) is 0 Å². The van der Waals surface area contributed by atoms with Crippen molar-refractivity contribution in [2.75, 3.05) is 4.72 Å². The number of nitro benzene ring substituents is 1. The third-order valence-electron chi connectivity index (χ3n) is 3.00. The van der Waals surface area contributed by atoms with Crippen LogP contribution in [0.25, 0.3) is 5.82 Å². The highest BCUT2D eigenvalue weighted by Crippen LogP contribution is 2.20. The monoisotopic (exact) mass is 346 g/mol. The molecule has 24 heavy (non-hydrogen) atoms. The molecule has 10 nitrogen and oxygen atoms in total. The molecule has 1 aromatic carbocycles. The van der Waals surface area contributed by atoms with Gasteiger partial charge in [0.15, 0.2) is 0 Å². The fraction of sp³-hybridized carbons (Fsp3) is 0. The van der Waals surface area contributed by atoms with Crippen molar-refractivity contribution >= 4 is 21.5 Å². The summed E-state index contributed by atoms with van der Waals surface area (Å²) < 4.78 is 28.6. The van der Waals surface area contributed by atoms with E-state index in [-0.39, 0.29) is 16.4 Å². The summed E-state index contributed by atoms with van der Waals surface area (Å²) in [4.78, 5) is 21.6. The average molecular weight is 346 g/mol. The number of non-ortho nitro benzene ring substituents is 1. The Bertz CT molecular complexity index is 987. The summed E-state index contributed by atoms with van der Waals surface area (Å²) in [5.41, 5.74) is -0.320. The third-order valence-corrected chi connectivity index (χ3v) is 4.35. The number of nitrogens with one attached hydrogen (secondary N) is 1. The third kappa shape index (κ3) is 3.20. The molecule has 0 unspecified atom stereocenters. The lowest BCUT2D eigenvalue weighted by atomic mass is 10.3. The predicted octanol–water partition coefficient (Wildman–Crippen LogP) is 1.37. The minimum Gasteiger partial charge on any atom is -0.290 e. The van der Waals surface area contributed by atoms with Crippen LogP contribution in [0, 0.1) is 10.1 Å². The van der Waals surface area contributed by atoms with Crippen LogP contribution >= 0.6 is 0 Å². The van der Waals surface area contributed by atoms with Crippen LogP contribution in [-0.4, -0.2) is 32.9 Å². The fourth-order valence-electron chi connectivity index (χ4n) is 1.90. The van der Waals surface area contributed by atoms with Crippen LogP contribution in [0.5, 0.6) is 0 Å². The van der Waals surface area contributed by atoms with E-state index < -0.39 is 14.9 Å². The molecule has 0 aliphatic heterocycles. The molecule has 0 aliphatic rings. The van der Waals surface area contributed by atoms with Crippen molar-refractivity contribution in [3.05, 3.63) is 65.5 Å². The predicted molar refractivity (Wildman–Crippen MR) is 83.1 cm³/mol.